The molecule has 0 N–H and O–H groups in total. The molecule has 23 heavy (non-hydrogen) atoms. The number of carbonyl (C=O) groups excluding carboxylic acids is 1. The lowest BCUT2D eigenvalue weighted by Gasteiger charge is -2.11. The molecule has 1 aromatic carbocycles. The summed E-state index contributed by atoms with van der Waals surface area (Å²) < 4.78 is 7.29. The van der Waals surface area contributed by atoms with Gasteiger partial charge in [-0.3, -0.25) is 4.57 Å². The lowest BCUT2D eigenvalue weighted by atomic mass is 10.2. The van der Waals surface area contributed by atoms with E-state index in [1.165, 1.54) is 11.3 Å². The van der Waals surface area contributed by atoms with Crippen LogP contribution in [0.4, 0.5) is 4.79 Å². The van der Waals surface area contributed by atoms with Crippen LogP contribution in [0.25, 0.3) is 5.69 Å². The van der Waals surface area contributed by atoms with Crippen LogP contribution in [0.1, 0.15) is 23.3 Å². The summed E-state index contributed by atoms with van der Waals surface area (Å²) in [6, 6.07) is 5.83. The molecule has 2 heterocycles. The van der Waals surface area contributed by atoms with Crippen molar-refractivity contribution in [2.24, 2.45) is 4.99 Å². The second-order valence-electron chi connectivity index (χ2n) is 5.74. The number of aromatic nitrogens is 1. The van der Waals surface area contributed by atoms with Crippen LogP contribution in [0, 0.1) is 13.8 Å². The van der Waals surface area contributed by atoms with Crippen molar-refractivity contribution < 1.29 is 9.53 Å². The van der Waals surface area contributed by atoms with Gasteiger partial charge in [-0.05, 0) is 50.5 Å². The smallest absolute Gasteiger partial charge is 0.346 e. The molecular formula is C17H21N3O2S. The SMILES string of the molecule is COc1ccc(-n2cc(C)s/c2=N\C(=O)N2CCCC2)cc1C. The number of hydrogen-bond acceptors (Lipinski definition) is 3. The standard InChI is InChI=1S/C17H21N3O2S/c1-12-10-14(6-7-15(12)22-3)20-11-13(2)23-17(20)18-16(21)19-8-4-5-9-19/h6-7,10-11H,4-5,8-9H2,1-3H3/b18-17-. The fourth-order valence-electron chi connectivity index (χ4n) is 2.79. The largest absolute Gasteiger partial charge is 0.496 e. The molecule has 2 amide bonds. The number of carbonyl (C=O) groups is 1. The van der Waals surface area contributed by atoms with Gasteiger partial charge in [0.1, 0.15) is 5.75 Å². The first-order valence-electron chi connectivity index (χ1n) is 7.76. The number of rotatable bonds is 2. The van der Waals surface area contributed by atoms with Gasteiger partial charge in [-0.25, -0.2) is 4.79 Å². The highest BCUT2D eigenvalue weighted by Gasteiger charge is 2.17. The Labute approximate surface area is 139 Å². The molecule has 1 fully saturated rings. The van der Waals surface area contributed by atoms with Gasteiger partial charge >= 0.3 is 6.03 Å². The molecular weight excluding hydrogens is 310 g/mol. The molecule has 0 unspecified atom stereocenters. The van der Waals surface area contributed by atoms with Crippen LogP contribution < -0.4 is 9.54 Å². The summed E-state index contributed by atoms with van der Waals surface area (Å²) in [5, 5.41) is 0. The van der Waals surface area contributed by atoms with Crippen molar-refractivity contribution in [1.82, 2.24) is 9.47 Å². The molecule has 0 bridgehead atoms. The first-order valence-corrected chi connectivity index (χ1v) is 8.58. The van der Waals surface area contributed by atoms with Crippen LogP contribution in [-0.4, -0.2) is 35.7 Å². The number of benzene rings is 1. The van der Waals surface area contributed by atoms with E-state index in [1.807, 2.05) is 47.7 Å². The number of ether oxygens (including phenoxy) is 1. The first kappa shape index (κ1) is 15.8. The highest BCUT2D eigenvalue weighted by Crippen LogP contribution is 2.21. The van der Waals surface area contributed by atoms with Gasteiger partial charge in [0.25, 0.3) is 0 Å². The Balaban J connectivity index is 2.00. The van der Waals surface area contributed by atoms with E-state index in [0.29, 0.717) is 4.80 Å². The number of urea groups is 1. The highest BCUT2D eigenvalue weighted by atomic mass is 32.1. The van der Waals surface area contributed by atoms with Crippen LogP contribution in [0.5, 0.6) is 5.75 Å². The van der Waals surface area contributed by atoms with E-state index in [-0.39, 0.29) is 6.03 Å². The molecule has 0 saturated carbocycles. The Hall–Kier alpha value is -2.08. The Morgan fingerprint density at radius 2 is 2.00 bits per heavy atom. The lowest BCUT2D eigenvalue weighted by molar-refractivity contribution is 0.218. The quantitative estimate of drug-likeness (QED) is 0.848. The summed E-state index contributed by atoms with van der Waals surface area (Å²) >= 11 is 1.53. The van der Waals surface area contributed by atoms with Crippen LogP contribution in [0.15, 0.2) is 29.4 Å². The maximum atomic E-state index is 12.3. The van der Waals surface area contributed by atoms with Crippen LogP contribution >= 0.6 is 11.3 Å². The number of amides is 2. The summed E-state index contributed by atoms with van der Waals surface area (Å²) in [4.78, 5) is 20.3. The molecule has 1 saturated heterocycles. The maximum absolute atomic E-state index is 12.3. The number of nitrogens with zero attached hydrogens (tertiary/aromatic N) is 3. The molecule has 1 aromatic heterocycles. The number of thiazole rings is 1. The fourth-order valence-corrected chi connectivity index (χ4v) is 3.62. The van der Waals surface area contributed by atoms with Crippen LogP contribution in [0.2, 0.25) is 0 Å². The number of hydrogen-bond donors (Lipinski definition) is 0. The molecule has 0 radical (unpaired) electrons. The molecule has 1 aliphatic heterocycles. The fraction of sp³-hybridized carbons (Fsp3) is 0.412. The van der Waals surface area contributed by atoms with E-state index < -0.39 is 0 Å². The molecule has 6 heteroatoms. The van der Waals surface area contributed by atoms with Crippen LogP contribution in [-0.2, 0) is 0 Å². The van der Waals surface area contributed by atoms with Gasteiger partial charge < -0.3 is 9.64 Å². The second kappa shape index (κ2) is 6.58. The Bertz CT molecular complexity index is 785. The van der Waals surface area contributed by atoms with Gasteiger partial charge in [-0.2, -0.15) is 4.99 Å². The number of likely N-dealkylation sites (tertiary alicyclic amines) is 1. The molecule has 3 rings (SSSR count). The molecule has 1 aliphatic rings. The maximum Gasteiger partial charge on any atom is 0.346 e. The molecule has 0 atom stereocenters. The van der Waals surface area contributed by atoms with Crippen molar-refractivity contribution >= 4 is 17.4 Å². The average Bonchev–Trinajstić information content (AvgIpc) is 3.17. The van der Waals surface area contributed by atoms with Gasteiger partial charge in [0.15, 0.2) is 4.80 Å². The molecule has 0 spiro atoms. The third-order valence-corrected chi connectivity index (χ3v) is 4.89. The Morgan fingerprint density at radius 3 is 2.65 bits per heavy atom. The topological polar surface area (TPSA) is 46.8 Å². The van der Waals surface area contributed by atoms with Crippen molar-refractivity contribution in [2.45, 2.75) is 26.7 Å². The predicted molar refractivity (Wildman–Crippen MR) is 91.4 cm³/mol. The normalized spacial score (nSPS) is 15.3. The van der Waals surface area contributed by atoms with Crippen molar-refractivity contribution in [1.29, 1.82) is 0 Å². The van der Waals surface area contributed by atoms with Crippen molar-refractivity contribution in [3.63, 3.8) is 0 Å². The zero-order chi connectivity index (χ0) is 16.4. The Morgan fingerprint density at radius 1 is 1.26 bits per heavy atom. The van der Waals surface area contributed by atoms with E-state index in [9.17, 15) is 4.79 Å². The summed E-state index contributed by atoms with van der Waals surface area (Å²) in [6.45, 7) is 5.66. The molecule has 122 valence electrons. The zero-order valence-electron chi connectivity index (χ0n) is 13.7. The van der Waals surface area contributed by atoms with Gasteiger partial charge in [0, 0.05) is 29.9 Å². The number of aryl methyl sites for hydroxylation is 2. The summed E-state index contributed by atoms with van der Waals surface area (Å²) in [5.74, 6) is 0.855. The zero-order valence-corrected chi connectivity index (χ0v) is 14.5. The minimum absolute atomic E-state index is 0.136. The van der Waals surface area contributed by atoms with E-state index >= 15 is 0 Å². The molecule has 0 aliphatic carbocycles. The van der Waals surface area contributed by atoms with Crippen molar-refractivity contribution in [2.75, 3.05) is 20.2 Å². The van der Waals surface area contributed by atoms with E-state index in [0.717, 1.165) is 47.8 Å². The second-order valence-corrected chi connectivity index (χ2v) is 6.95. The van der Waals surface area contributed by atoms with Gasteiger partial charge in [-0.1, -0.05) is 0 Å². The van der Waals surface area contributed by atoms with E-state index in [2.05, 4.69) is 4.99 Å². The third kappa shape index (κ3) is 3.32. The summed E-state index contributed by atoms with van der Waals surface area (Å²) in [6.07, 6.45) is 4.16. The van der Waals surface area contributed by atoms with Crippen molar-refractivity contribution in [3.05, 3.63) is 39.6 Å². The van der Waals surface area contributed by atoms with Gasteiger partial charge in [0.2, 0.25) is 0 Å². The average molecular weight is 331 g/mol. The van der Waals surface area contributed by atoms with Crippen LogP contribution in [0.3, 0.4) is 0 Å². The van der Waals surface area contributed by atoms with Crippen molar-refractivity contribution in [3.8, 4) is 11.4 Å². The molecule has 5 nitrogen and oxygen atoms in total. The minimum atomic E-state index is -0.136. The third-order valence-electron chi connectivity index (χ3n) is 3.99. The Kier molecular flexibility index (Phi) is 4.52. The molecule has 2 aromatic rings. The minimum Gasteiger partial charge on any atom is -0.496 e. The highest BCUT2D eigenvalue weighted by molar-refractivity contribution is 7.09. The van der Waals surface area contributed by atoms with E-state index in [1.54, 1.807) is 7.11 Å². The first-order chi connectivity index (χ1) is 11.1. The summed E-state index contributed by atoms with van der Waals surface area (Å²) in [5.41, 5.74) is 2.04. The van der Waals surface area contributed by atoms with Gasteiger partial charge in [0.05, 0.1) is 7.11 Å². The predicted octanol–water partition coefficient (Wildman–Crippen LogP) is 3.28. The lowest BCUT2D eigenvalue weighted by Crippen LogP contribution is -2.27. The van der Waals surface area contributed by atoms with Gasteiger partial charge in [-0.15, -0.1) is 11.3 Å². The van der Waals surface area contributed by atoms with E-state index in [4.69, 9.17) is 4.74 Å². The number of methoxy groups -OCH3 is 1. The monoisotopic (exact) mass is 331 g/mol. The summed E-state index contributed by atoms with van der Waals surface area (Å²) in [7, 11) is 1.67.